The van der Waals surface area contributed by atoms with Gasteiger partial charge in [0.05, 0.1) is 11.6 Å². The number of benzene rings is 2. The number of carbonyl (C=O) groups is 1. The van der Waals surface area contributed by atoms with Crippen LogP contribution in [0.2, 0.25) is 0 Å². The number of amides is 1. The summed E-state index contributed by atoms with van der Waals surface area (Å²) in [7, 11) is 0. The number of hydrogen-bond donors (Lipinski definition) is 2. The highest BCUT2D eigenvalue weighted by Crippen LogP contribution is 2.21. The Morgan fingerprint density at radius 3 is 2.52 bits per heavy atom. The van der Waals surface area contributed by atoms with Gasteiger partial charge in [0.25, 0.3) is 5.91 Å². The van der Waals surface area contributed by atoms with Gasteiger partial charge >= 0.3 is 0 Å². The zero-order chi connectivity index (χ0) is 15.6. The number of aromatic hydroxyl groups is 1. The molecular formula is C16H15F2NO2. The van der Waals surface area contributed by atoms with E-state index in [0.717, 1.165) is 17.7 Å². The lowest BCUT2D eigenvalue weighted by Gasteiger charge is -2.15. The Hall–Kier alpha value is -2.43. The van der Waals surface area contributed by atoms with E-state index in [0.29, 0.717) is 5.56 Å². The molecule has 2 rings (SSSR count). The average molecular weight is 291 g/mol. The van der Waals surface area contributed by atoms with Gasteiger partial charge in [-0.05, 0) is 43.7 Å². The predicted molar refractivity (Wildman–Crippen MR) is 75.1 cm³/mol. The van der Waals surface area contributed by atoms with Crippen LogP contribution in [-0.4, -0.2) is 11.0 Å². The lowest BCUT2D eigenvalue weighted by Crippen LogP contribution is -2.26. The smallest absolute Gasteiger partial charge is 0.255 e. The highest BCUT2D eigenvalue weighted by Gasteiger charge is 2.16. The van der Waals surface area contributed by atoms with Crippen LogP contribution in [0.4, 0.5) is 8.78 Å². The van der Waals surface area contributed by atoms with Crippen LogP contribution < -0.4 is 5.32 Å². The molecule has 2 aromatic carbocycles. The number of phenols is 1. The molecule has 0 aromatic heterocycles. The molecule has 0 bridgehead atoms. The number of carbonyl (C=O) groups excluding carboxylic acids is 1. The number of phenolic OH excluding ortho intramolecular Hbond substituents is 1. The van der Waals surface area contributed by atoms with E-state index in [1.807, 2.05) is 0 Å². The minimum Gasteiger partial charge on any atom is -0.507 e. The van der Waals surface area contributed by atoms with Crippen LogP contribution in [-0.2, 0) is 0 Å². The summed E-state index contributed by atoms with van der Waals surface area (Å²) in [5.41, 5.74) is 1.41. The molecule has 3 nitrogen and oxygen atoms in total. The van der Waals surface area contributed by atoms with Crippen molar-refractivity contribution in [1.82, 2.24) is 5.32 Å². The van der Waals surface area contributed by atoms with Crippen LogP contribution in [0, 0.1) is 18.6 Å². The Labute approximate surface area is 121 Å². The first kappa shape index (κ1) is 15.0. The van der Waals surface area contributed by atoms with Crippen molar-refractivity contribution in [1.29, 1.82) is 0 Å². The third kappa shape index (κ3) is 3.37. The van der Waals surface area contributed by atoms with E-state index >= 15 is 0 Å². The van der Waals surface area contributed by atoms with Crippen molar-refractivity contribution < 1.29 is 18.7 Å². The molecule has 0 spiro atoms. The molecule has 0 aliphatic rings. The van der Waals surface area contributed by atoms with Crippen LogP contribution in [0.15, 0.2) is 36.4 Å². The van der Waals surface area contributed by atoms with Gasteiger partial charge in [0, 0.05) is 0 Å². The van der Waals surface area contributed by atoms with E-state index in [1.165, 1.54) is 12.1 Å². The van der Waals surface area contributed by atoms with Crippen molar-refractivity contribution in [2.75, 3.05) is 0 Å². The maximum Gasteiger partial charge on any atom is 0.255 e. The largest absolute Gasteiger partial charge is 0.507 e. The summed E-state index contributed by atoms with van der Waals surface area (Å²) in [6, 6.07) is 7.61. The standard InChI is InChI=1S/C16H15F2NO2/c1-9-3-6-15(20)12(7-9)16(21)19-10(2)11-4-5-13(17)14(18)8-11/h3-8,10,20H,1-2H3,(H,19,21). The van der Waals surface area contributed by atoms with Crippen LogP contribution in [0.3, 0.4) is 0 Å². The van der Waals surface area contributed by atoms with E-state index in [1.54, 1.807) is 26.0 Å². The fraction of sp³-hybridized carbons (Fsp3) is 0.188. The van der Waals surface area contributed by atoms with Gasteiger partial charge in [-0.1, -0.05) is 17.7 Å². The maximum absolute atomic E-state index is 13.2. The number of nitrogens with one attached hydrogen (secondary N) is 1. The topological polar surface area (TPSA) is 49.3 Å². The van der Waals surface area contributed by atoms with E-state index in [2.05, 4.69) is 5.32 Å². The number of aryl methyl sites for hydroxylation is 1. The van der Waals surface area contributed by atoms with Crippen molar-refractivity contribution >= 4 is 5.91 Å². The van der Waals surface area contributed by atoms with E-state index in [-0.39, 0.29) is 11.3 Å². The van der Waals surface area contributed by atoms with Gasteiger partial charge in [0.2, 0.25) is 0 Å². The summed E-state index contributed by atoms with van der Waals surface area (Å²) in [5, 5.41) is 12.3. The Balaban J connectivity index is 2.18. The molecule has 2 N–H and O–H groups in total. The van der Waals surface area contributed by atoms with Crippen LogP contribution >= 0.6 is 0 Å². The van der Waals surface area contributed by atoms with Crippen molar-refractivity contribution in [3.63, 3.8) is 0 Å². The highest BCUT2D eigenvalue weighted by atomic mass is 19.2. The fourth-order valence-electron chi connectivity index (χ4n) is 1.97. The molecule has 0 radical (unpaired) electrons. The molecule has 0 heterocycles. The molecule has 5 heteroatoms. The van der Waals surface area contributed by atoms with Crippen molar-refractivity contribution in [3.05, 3.63) is 64.7 Å². The predicted octanol–water partition coefficient (Wildman–Crippen LogP) is 3.47. The van der Waals surface area contributed by atoms with Crippen molar-refractivity contribution in [2.45, 2.75) is 19.9 Å². The van der Waals surface area contributed by atoms with E-state index < -0.39 is 23.6 Å². The molecular weight excluding hydrogens is 276 g/mol. The molecule has 110 valence electrons. The first-order valence-corrected chi connectivity index (χ1v) is 6.44. The summed E-state index contributed by atoms with van der Waals surface area (Å²) in [6.45, 7) is 3.45. The van der Waals surface area contributed by atoms with Gasteiger partial charge in [-0.3, -0.25) is 4.79 Å². The Morgan fingerprint density at radius 2 is 1.86 bits per heavy atom. The summed E-state index contributed by atoms with van der Waals surface area (Å²) >= 11 is 0. The lowest BCUT2D eigenvalue weighted by molar-refractivity contribution is 0.0937. The second-order valence-electron chi connectivity index (χ2n) is 4.89. The first-order valence-electron chi connectivity index (χ1n) is 6.44. The molecule has 1 amide bonds. The molecule has 0 saturated heterocycles. The summed E-state index contributed by atoms with van der Waals surface area (Å²) in [6.07, 6.45) is 0. The number of rotatable bonds is 3. The summed E-state index contributed by atoms with van der Waals surface area (Å²) in [4.78, 5) is 12.1. The van der Waals surface area contributed by atoms with Crippen LogP contribution in [0.5, 0.6) is 5.75 Å². The number of hydrogen-bond acceptors (Lipinski definition) is 2. The molecule has 0 aliphatic heterocycles. The minimum atomic E-state index is -0.966. The lowest BCUT2D eigenvalue weighted by atomic mass is 10.1. The van der Waals surface area contributed by atoms with Gasteiger partial charge in [-0.2, -0.15) is 0 Å². The Kier molecular flexibility index (Phi) is 4.21. The maximum atomic E-state index is 13.2. The average Bonchev–Trinajstić information content (AvgIpc) is 2.44. The third-order valence-electron chi connectivity index (χ3n) is 3.19. The second kappa shape index (κ2) is 5.91. The molecule has 0 saturated carbocycles. The molecule has 1 unspecified atom stereocenters. The Bertz CT molecular complexity index is 686. The van der Waals surface area contributed by atoms with Gasteiger partial charge in [0.1, 0.15) is 5.75 Å². The van der Waals surface area contributed by atoms with Crippen molar-refractivity contribution in [3.8, 4) is 5.75 Å². The van der Waals surface area contributed by atoms with Gasteiger partial charge in [-0.15, -0.1) is 0 Å². The highest BCUT2D eigenvalue weighted by molar-refractivity contribution is 5.97. The zero-order valence-electron chi connectivity index (χ0n) is 11.7. The molecule has 0 fully saturated rings. The van der Waals surface area contributed by atoms with E-state index in [4.69, 9.17) is 0 Å². The minimum absolute atomic E-state index is 0.129. The third-order valence-corrected chi connectivity index (χ3v) is 3.19. The SMILES string of the molecule is Cc1ccc(O)c(C(=O)NC(C)c2ccc(F)c(F)c2)c1. The monoisotopic (exact) mass is 291 g/mol. The molecule has 1 atom stereocenters. The van der Waals surface area contributed by atoms with Crippen molar-refractivity contribution in [2.24, 2.45) is 0 Å². The van der Waals surface area contributed by atoms with E-state index in [9.17, 15) is 18.7 Å². The van der Waals surface area contributed by atoms with Gasteiger partial charge in [0.15, 0.2) is 11.6 Å². The molecule has 0 aliphatic carbocycles. The molecule has 2 aromatic rings. The van der Waals surface area contributed by atoms with Crippen LogP contribution in [0.25, 0.3) is 0 Å². The molecule has 21 heavy (non-hydrogen) atoms. The summed E-state index contributed by atoms with van der Waals surface area (Å²) < 4.78 is 26.1. The quantitative estimate of drug-likeness (QED) is 0.909. The fourth-order valence-corrected chi connectivity index (χ4v) is 1.97. The normalized spacial score (nSPS) is 12.0. The van der Waals surface area contributed by atoms with Gasteiger partial charge < -0.3 is 10.4 Å². The van der Waals surface area contributed by atoms with Gasteiger partial charge in [-0.25, -0.2) is 8.78 Å². The number of halogens is 2. The first-order chi connectivity index (χ1) is 9.88. The summed E-state index contributed by atoms with van der Waals surface area (Å²) in [5.74, 6) is -2.51. The van der Waals surface area contributed by atoms with Crippen LogP contribution in [0.1, 0.15) is 34.5 Å². The second-order valence-corrected chi connectivity index (χ2v) is 4.89. The zero-order valence-corrected chi connectivity index (χ0v) is 11.7. The Morgan fingerprint density at radius 1 is 1.14 bits per heavy atom.